The van der Waals surface area contributed by atoms with Crippen molar-refractivity contribution in [2.24, 2.45) is 5.92 Å². The molecule has 1 unspecified atom stereocenters. The monoisotopic (exact) mass is 158 g/mol. The lowest BCUT2D eigenvalue weighted by atomic mass is 10.0. The van der Waals surface area contributed by atoms with E-state index >= 15 is 0 Å². The van der Waals surface area contributed by atoms with Gasteiger partial charge >= 0.3 is 0 Å². The topological polar surface area (TPSA) is 37.3 Å². The minimum absolute atomic E-state index is 0.607. The highest BCUT2D eigenvalue weighted by atomic mass is 16.3. The van der Waals surface area contributed by atoms with E-state index in [4.69, 9.17) is 5.11 Å². The van der Waals surface area contributed by atoms with E-state index in [-0.39, 0.29) is 0 Å². The van der Waals surface area contributed by atoms with Gasteiger partial charge in [-0.1, -0.05) is 33.1 Å². The summed E-state index contributed by atoms with van der Waals surface area (Å²) in [7, 11) is 0. The van der Waals surface area contributed by atoms with Gasteiger partial charge < -0.3 is 9.90 Å². The number of hydrogen-bond acceptors (Lipinski definition) is 2. The van der Waals surface area contributed by atoms with E-state index in [1.165, 1.54) is 6.42 Å². The number of aliphatic hydroxyl groups is 1. The first-order valence-corrected chi connectivity index (χ1v) is 4.30. The van der Waals surface area contributed by atoms with Crippen LogP contribution in [0.5, 0.6) is 0 Å². The van der Waals surface area contributed by atoms with Crippen LogP contribution in [0, 0.1) is 5.92 Å². The normalized spacial score (nSPS) is 13.5. The summed E-state index contributed by atoms with van der Waals surface area (Å²) in [5, 5.41) is 8.86. The Morgan fingerprint density at radius 2 is 1.82 bits per heavy atom. The molecule has 0 aliphatic rings. The van der Waals surface area contributed by atoms with Gasteiger partial charge in [-0.05, 0) is 12.3 Å². The Morgan fingerprint density at radius 3 is 2.27 bits per heavy atom. The maximum atomic E-state index is 9.98. The van der Waals surface area contributed by atoms with Gasteiger partial charge in [0.25, 0.3) is 0 Å². The van der Waals surface area contributed by atoms with Crippen LogP contribution in [0.1, 0.15) is 39.5 Å². The third-order valence-electron chi connectivity index (χ3n) is 1.69. The molecule has 0 spiro atoms. The van der Waals surface area contributed by atoms with Crippen LogP contribution in [0.4, 0.5) is 0 Å². The van der Waals surface area contributed by atoms with Crippen LogP contribution in [0.15, 0.2) is 0 Å². The molecule has 2 nitrogen and oxygen atoms in total. The van der Waals surface area contributed by atoms with Crippen LogP contribution in [0.3, 0.4) is 0 Å². The summed E-state index contributed by atoms with van der Waals surface area (Å²) < 4.78 is 0. The van der Waals surface area contributed by atoms with Crippen molar-refractivity contribution in [3.05, 3.63) is 0 Å². The summed E-state index contributed by atoms with van der Waals surface area (Å²) in [4.78, 5) is 9.98. The fraction of sp³-hybridized carbons (Fsp3) is 0.889. The van der Waals surface area contributed by atoms with Gasteiger partial charge in [-0.25, -0.2) is 0 Å². The van der Waals surface area contributed by atoms with E-state index in [1.54, 1.807) is 0 Å². The minimum atomic E-state index is -0.734. The lowest BCUT2D eigenvalue weighted by Crippen LogP contribution is -2.06. The molecule has 0 saturated carbocycles. The Hall–Kier alpha value is -0.370. The Kier molecular flexibility index (Phi) is 6.13. The molecule has 0 heterocycles. The predicted molar refractivity (Wildman–Crippen MR) is 45.4 cm³/mol. The Labute approximate surface area is 68.6 Å². The Bertz CT molecular complexity index is 99.7. The molecule has 0 radical (unpaired) electrons. The average Bonchev–Trinajstić information content (AvgIpc) is 1.97. The minimum Gasteiger partial charge on any atom is -0.386 e. The maximum Gasteiger partial charge on any atom is 0.148 e. The molecule has 66 valence electrons. The SMILES string of the molecule is CC(C)CCCCC(O)C=O. The third-order valence-corrected chi connectivity index (χ3v) is 1.69. The maximum absolute atomic E-state index is 9.98. The van der Waals surface area contributed by atoms with E-state index in [0.717, 1.165) is 18.8 Å². The molecule has 0 rings (SSSR count). The molecule has 0 aliphatic heterocycles. The van der Waals surface area contributed by atoms with E-state index in [0.29, 0.717) is 12.7 Å². The van der Waals surface area contributed by atoms with Gasteiger partial charge in [-0.2, -0.15) is 0 Å². The molecule has 0 aromatic carbocycles. The van der Waals surface area contributed by atoms with Crippen molar-refractivity contribution >= 4 is 6.29 Å². The summed E-state index contributed by atoms with van der Waals surface area (Å²) in [6.45, 7) is 4.35. The summed E-state index contributed by atoms with van der Waals surface area (Å²) >= 11 is 0. The van der Waals surface area contributed by atoms with Crippen molar-refractivity contribution in [3.8, 4) is 0 Å². The molecule has 2 heteroatoms. The number of carbonyl (C=O) groups excluding carboxylic acids is 1. The van der Waals surface area contributed by atoms with Crippen LogP contribution in [-0.4, -0.2) is 17.5 Å². The first-order valence-electron chi connectivity index (χ1n) is 4.30. The summed E-state index contributed by atoms with van der Waals surface area (Å²) in [5.74, 6) is 0.725. The molecule has 1 atom stereocenters. The zero-order valence-corrected chi connectivity index (χ0v) is 7.42. The van der Waals surface area contributed by atoms with Crippen LogP contribution in [0.25, 0.3) is 0 Å². The molecule has 0 aromatic heterocycles. The lowest BCUT2D eigenvalue weighted by Gasteiger charge is -2.04. The fourth-order valence-corrected chi connectivity index (χ4v) is 0.974. The lowest BCUT2D eigenvalue weighted by molar-refractivity contribution is -0.115. The van der Waals surface area contributed by atoms with Gasteiger partial charge in [-0.15, -0.1) is 0 Å². The van der Waals surface area contributed by atoms with E-state index in [9.17, 15) is 4.79 Å². The molecular formula is C9H18O2. The fourth-order valence-electron chi connectivity index (χ4n) is 0.974. The average molecular weight is 158 g/mol. The second-order valence-electron chi connectivity index (χ2n) is 3.38. The smallest absolute Gasteiger partial charge is 0.148 e. The van der Waals surface area contributed by atoms with Crippen molar-refractivity contribution in [1.29, 1.82) is 0 Å². The molecule has 0 amide bonds. The summed E-state index contributed by atoms with van der Waals surface area (Å²) in [5.41, 5.74) is 0. The number of aldehydes is 1. The zero-order valence-electron chi connectivity index (χ0n) is 7.42. The van der Waals surface area contributed by atoms with Crippen molar-refractivity contribution in [2.75, 3.05) is 0 Å². The predicted octanol–water partition coefficient (Wildman–Crippen LogP) is 1.76. The molecular weight excluding hydrogens is 140 g/mol. The van der Waals surface area contributed by atoms with Gasteiger partial charge in [0.15, 0.2) is 0 Å². The molecule has 0 bridgehead atoms. The number of hydrogen-bond donors (Lipinski definition) is 1. The quantitative estimate of drug-likeness (QED) is 0.472. The van der Waals surface area contributed by atoms with Gasteiger partial charge in [0.05, 0.1) is 0 Å². The second-order valence-corrected chi connectivity index (χ2v) is 3.38. The van der Waals surface area contributed by atoms with Crippen molar-refractivity contribution < 1.29 is 9.90 Å². The highest BCUT2D eigenvalue weighted by Crippen LogP contribution is 2.08. The molecule has 0 aromatic rings. The Balaban J connectivity index is 3.07. The summed E-state index contributed by atoms with van der Waals surface area (Å²) in [6, 6.07) is 0. The van der Waals surface area contributed by atoms with Crippen LogP contribution in [0.2, 0.25) is 0 Å². The van der Waals surface area contributed by atoms with Crippen LogP contribution in [-0.2, 0) is 4.79 Å². The molecule has 11 heavy (non-hydrogen) atoms. The van der Waals surface area contributed by atoms with Crippen LogP contribution >= 0.6 is 0 Å². The summed E-state index contributed by atoms with van der Waals surface area (Å²) in [6.07, 6.45) is 3.75. The standard InChI is InChI=1S/C9H18O2/c1-8(2)5-3-4-6-9(11)7-10/h7-9,11H,3-6H2,1-2H3. The number of aliphatic hydroxyl groups excluding tert-OH is 1. The number of carbonyl (C=O) groups is 1. The highest BCUT2D eigenvalue weighted by molar-refractivity contribution is 5.55. The largest absolute Gasteiger partial charge is 0.386 e. The van der Waals surface area contributed by atoms with Gasteiger partial charge in [0.2, 0.25) is 0 Å². The van der Waals surface area contributed by atoms with Crippen molar-refractivity contribution in [3.63, 3.8) is 0 Å². The first-order chi connectivity index (χ1) is 5.16. The van der Waals surface area contributed by atoms with Crippen molar-refractivity contribution in [2.45, 2.75) is 45.6 Å². The second kappa shape index (κ2) is 6.35. The highest BCUT2D eigenvalue weighted by Gasteiger charge is 2.00. The molecule has 0 saturated heterocycles. The van der Waals surface area contributed by atoms with E-state index < -0.39 is 6.10 Å². The number of rotatable bonds is 6. The van der Waals surface area contributed by atoms with Crippen molar-refractivity contribution in [1.82, 2.24) is 0 Å². The Morgan fingerprint density at radius 1 is 1.27 bits per heavy atom. The first kappa shape index (κ1) is 10.6. The van der Waals surface area contributed by atoms with Gasteiger partial charge in [0, 0.05) is 0 Å². The molecule has 1 N–H and O–H groups in total. The van der Waals surface area contributed by atoms with Gasteiger partial charge in [-0.3, -0.25) is 0 Å². The third kappa shape index (κ3) is 7.53. The van der Waals surface area contributed by atoms with E-state index in [1.807, 2.05) is 0 Å². The molecule has 0 fully saturated rings. The number of unbranched alkanes of at least 4 members (excludes halogenated alkanes) is 1. The molecule has 0 aliphatic carbocycles. The van der Waals surface area contributed by atoms with Crippen LogP contribution < -0.4 is 0 Å². The van der Waals surface area contributed by atoms with Gasteiger partial charge in [0.1, 0.15) is 12.4 Å². The zero-order chi connectivity index (χ0) is 8.69. The van der Waals surface area contributed by atoms with E-state index in [2.05, 4.69) is 13.8 Å².